The molecule has 0 aliphatic rings. The van der Waals surface area contributed by atoms with Gasteiger partial charge in [-0.05, 0) is 70.6 Å². The van der Waals surface area contributed by atoms with Crippen LogP contribution in [0.25, 0.3) is 0 Å². The Morgan fingerprint density at radius 1 is 0.328 bits per heavy atom. The minimum Gasteiger partial charge on any atom is -0.462 e. The largest absolute Gasteiger partial charge is 0.462 e. The van der Waals surface area contributed by atoms with E-state index in [2.05, 4.69) is 93.7 Å². The second kappa shape index (κ2) is 52.5. The van der Waals surface area contributed by atoms with Crippen molar-refractivity contribution >= 4 is 17.9 Å². The van der Waals surface area contributed by atoms with Gasteiger partial charge in [0.15, 0.2) is 6.10 Å². The van der Waals surface area contributed by atoms with Gasteiger partial charge in [0.2, 0.25) is 0 Å². The molecule has 0 aliphatic heterocycles. The first-order valence-electron chi connectivity index (χ1n) is 26.9. The number of ether oxygens (including phenoxy) is 3. The molecule has 0 spiro atoms. The van der Waals surface area contributed by atoms with Crippen molar-refractivity contribution in [3.63, 3.8) is 0 Å². The molecule has 0 aliphatic carbocycles. The number of esters is 3. The zero-order valence-corrected chi connectivity index (χ0v) is 42.0. The van der Waals surface area contributed by atoms with E-state index >= 15 is 0 Å². The summed E-state index contributed by atoms with van der Waals surface area (Å²) in [5, 5.41) is 0. The van der Waals surface area contributed by atoms with Crippen LogP contribution in [-0.4, -0.2) is 37.2 Å². The summed E-state index contributed by atoms with van der Waals surface area (Å²) in [6.07, 6.45) is 67.0. The van der Waals surface area contributed by atoms with Crippen LogP contribution in [0.3, 0.4) is 0 Å². The third-order valence-electron chi connectivity index (χ3n) is 11.5. The van der Waals surface area contributed by atoms with E-state index in [0.29, 0.717) is 19.3 Å². The van der Waals surface area contributed by atoms with Gasteiger partial charge >= 0.3 is 17.9 Å². The molecule has 0 fully saturated rings. The van der Waals surface area contributed by atoms with E-state index in [1.54, 1.807) is 0 Å². The molecule has 1 atom stereocenters. The summed E-state index contributed by atoms with van der Waals surface area (Å²) in [6.45, 7) is 6.37. The summed E-state index contributed by atoms with van der Waals surface area (Å²) in [5.74, 6) is -0.894. The van der Waals surface area contributed by atoms with Crippen LogP contribution in [-0.2, 0) is 28.6 Å². The number of hydrogen-bond acceptors (Lipinski definition) is 6. The first-order chi connectivity index (χ1) is 31.5. The maximum absolute atomic E-state index is 12.5. The van der Waals surface area contributed by atoms with Crippen molar-refractivity contribution in [2.45, 2.75) is 264 Å². The van der Waals surface area contributed by atoms with Crippen LogP contribution in [0.4, 0.5) is 0 Å². The minimum absolute atomic E-state index is 0.0723. The summed E-state index contributed by atoms with van der Waals surface area (Å²) >= 11 is 0. The number of hydrogen-bond donors (Lipinski definition) is 0. The predicted molar refractivity (Wildman–Crippen MR) is 274 cm³/mol. The lowest BCUT2D eigenvalue weighted by Crippen LogP contribution is -2.30. The van der Waals surface area contributed by atoms with Crippen molar-refractivity contribution in [1.82, 2.24) is 0 Å². The van der Waals surface area contributed by atoms with Crippen molar-refractivity contribution < 1.29 is 28.6 Å². The van der Waals surface area contributed by atoms with Gasteiger partial charge in [-0.1, -0.05) is 241 Å². The molecule has 368 valence electrons. The lowest BCUT2D eigenvalue weighted by atomic mass is 10.0. The molecule has 0 bridgehead atoms. The van der Waals surface area contributed by atoms with Gasteiger partial charge in [0.05, 0.1) is 0 Å². The van der Waals surface area contributed by atoms with E-state index in [0.717, 1.165) is 103 Å². The highest BCUT2D eigenvalue weighted by molar-refractivity contribution is 5.71. The molecule has 0 saturated carbocycles. The molecule has 0 rings (SSSR count). The Balaban J connectivity index is 3.78. The molecule has 0 heterocycles. The van der Waals surface area contributed by atoms with E-state index in [4.69, 9.17) is 14.2 Å². The van der Waals surface area contributed by atoms with Crippen LogP contribution in [0.5, 0.6) is 0 Å². The van der Waals surface area contributed by atoms with E-state index < -0.39 is 6.10 Å². The molecule has 0 aromatic rings. The molecule has 0 radical (unpaired) electrons. The summed E-state index contributed by atoms with van der Waals surface area (Å²) in [5.41, 5.74) is 0. The molecular formula is C58H100O6. The topological polar surface area (TPSA) is 78.9 Å². The fraction of sp³-hybridized carbons (Fsp3) is 0.741. The van der Waals surface area contributed by atoms with Crippen LogP contribution < -0.4 is 0 Å². The Morgan fingerprint density at radius 2 is 0.609 bits per heavy atom. The molecule has 0 amide bonds. The van der Waals surface area contributed by atoms with Gasteiger partial charge in [0.25, 0.3) is 0 Å². The van der Waals surface area contributed by atoms with Gasteiger partial charge in [-0.3, -0.25) is 14.4 Å². The van der Waals surface area contributed by atoms with E-state index in [1.807, 2.05) is 0 Å². The predicted octanol–water partition coefficient (Wildman–Crippen LogP) is 17.8. The number of carbonyl (C=O) groups excluding carboxylic acids is 3. The average Bonchev–Trinajstić information content (AvgIpc) is 3.29. The molecule has 0 aromatic heterocycles. The first-order valence-corrected chi connectivity index (χ1v) is 26.9. The summed E-state index contributed by atoms with van der Waals surface area (Å²) < 4.78 is 16.5. The smallest absolute Gasteiger partial charge is 0.306 e. The number of carbonyl (C=O) groups is 3. The fourth-order valence-corrected chi connectivity index (χ4v) is 7.45. The molecule has 6 nitrogen and oxygen atoms in total. The SMILES string of the molecule is CC/C=C\C/C=C\C/C=C\C/C=C\C/C=C\C/C=C\CCCCCCCCCCCCCCCCCCC(=O)OCC(COC(=O)CCCCCCC)OC(=O)CCCCCCCC. The van der Waals surface area contributed by atoms with E-state index in [1.165, 1.54) is 116 Å². The summed E-state index contributed by atoms with van der Waals surface area (Å²) in [7, 11) is 0. The first kappa shape index (κ1) is 60.9. The Labute approximate surface area is 395 Å². The number of rotatable bonds is 48. The Bertz CT molecular complexity index is 1210. The lowest BCUT2D eigenvalue weighted by Gasteiger charge is -2.18. The molecule has 64 heavy (non-hydrogen) atoms. The summed E-state index contributed by atoms with van der Waals surface area (Å²) in [4.78, 5) is 37.3. The fourth-order valence-electron chi connectivity index (χ4n) is 7.45. The van der Waals surface area contributed by atoms with E-state index in [9.17, 15) is 14.4 Å². The maximum atomic E-state index is 12.5. The van der Waals surface area contributed by atoms with Crippen LogP contribution >= 0.6 is 0 Å². The molecule has 6 heteroatoms. The minimum atomic E-state index is -0.763. The number of unbranched alkanes of at least 4 members (excludes halogenated alkanes) is 25. The van der Waals surface area contributed by atoms with Crippen molar-refractivity contribution in [1.29, 1.82) is 0 Å². The molecule has 0 saturated heterocycles. The third kappa shape index (κ3) is 49.9. The Morgan fingerprint density at radius 3 is 0.953 bits per heavy atom. The standard InChI is InChI=1S/C58H100O6/c1-4-7-10-13-15-16-17-18-19-20-21-22-23-24-25-26-27-28-29-30-31-32-33-34-35-36-37-38-39-40-41-42-43-46-48-51-57(60)63-54-55(53-62-56(59)50-47-44-12-9-6-3)64-58(61)52-49-45-14-11-8-5-2/h7,10,15-16,18-19,21-22,24-25,27-28,55H,4-6,8-9,11-14,17,20,23,26,29-54H2,1-3H3/b10-7-,16-15-,19-18-,22-21-,25-24-,28-27-. The van der Waals surface area contributed by atoms with Crippen LogP contribution in [0.1, 0.15) is 258 Å². The van der Waals surface area contributed by atoms with Gasteiger partial charge in [-0.2, -0.15) is 0 Å². The number of allylic oxidation sites excluding steroid dienone is 12. The van der Waals surface area contributed by atoms with Crippen molar-refractivity contribution in [2.75, 3.05) is 13.2 Å². The van der Waals surface area contributed by atoms with Crippen LogP contribution in [0.15, 0.2) is 72.9 Å². The average molecular weight is 893 g/mol. The highest BCUT2D eigenvalue weighted by Crippen LogP contribution is 2.16. The Kier molecular flexibility index (Phi) is 49.9. The van der Waals surface area contributed by atoms with Crippen molar-refractivity contribution in [3.05, 3.63) is 72.9 Å². The second-order valence-electron chi connectivity index (χ2n) is 17.8. The lowest BCUT2D eigenvalue weighted by molar-refractivity contribution is -0.167. The van der Waals surface area contributed by atoms with E-state index in [-0.39, 0.29) is 31.1 Å². The van der Waals surface area contributed by atoms with Gasteiger partial charge in [-0.25, -0.2) is 0 Å². The van der Waals surface area contributed by atoms with Gasteiger partial charge in [0.1, 0.15) is 13.2 Å². The van der Waals surface area contributed by atoms with Crippen LogP contribution in [0.2, 0.25) is 0 Å². The molecule has 0 N–H and O–H groups in total. The molecule has 1 unspecified atom stereocenters. The van der Waals surface area contributed by atoms with Gasteiger partial charge in [-0.15, -0.1) is 0 Å². The second-order valence-corrected chi connectivity index (χ2v) is 17.8. The van der Waals surface area contributed by atoms with Crippen molar-refractivity contribution in [3.8, 4) is 0 Å². The molecular weight excluding hydrogens is 793 g/mol. The normalized spacial score (nSPS) is 12.6. The van der Waals surface area contributed by atoms with Crippen molar-refractivity contribution in [2.24, 2.45) is 0 Å². The molecule has 0 aromatic carbocycles. The van der Waals surface area contributed by atoms with Gasteiger partial charge in [0, 0.05) is 19.3 Å². The van der Waals surface area contributed by atoms with Gasteiger partial charge < -0.3 is 14.2 Å². The maximum Gasteiger partial charge on any atom is 0.306 e. The highest BCUT2D eigenvalue weighted by atomic mass is 16.6. The highest BCUT2D eigenvalue weighted by Gasteiger charge is 2.19. The zero-order chi connectivity index (χ0) is 46.5. The monoisotopic (exact) mass is 893 g/mol. The Hall–Kier alpha value is -3.15. The third-order valence-corrected chi connectivity index (χ3v) is 11.5. The van der Waals surface area contributed by atoms with Crippen LogP contribution in [0, 0.1) is 0 Å². The summed E-state index contributed by atoms with van der Waals surface area (Å²) in [6, 6.07) is 0. The quantitative estimate of drug-likeness (QED) is 0.0262. The zero-order valence-electron chi connectivity index (χ0n) is 42.0.